The molecule has 220 valence electrons. The van der Waals surface area contributed by atoms with Crippen LogP contribution in [0.3, 0.4) is 0 Å². The third-order valence-electron chi connectivity index (χ3n) is 6.93. The first-order valence-electron chi connectivity index (χ1n) is 14.3. The molecular weight excluding hydrogens is 544 g/mol. The van der Waals surface area contributed by atoms with Crippen LogP contribution in [-0.4, -0.2) is 19.0 Å². The van der Waals surface area contributed by atoms with E-state index in [2.05, 4.69) is 0 Å². The van der Waals surface area contributed by atoms with Gasteiger partial charge in [0, 0.05) is 36.1 Å². The van der Waals surface area contributed by atoms with E-state index in [1.807, 2.05) is 0 Å². The Balaban J connectivity index is 1.03. The summed E-state index contributed by atoms with van der Waals surface area (Å²) in [5.74, 6) is -0.494. The molecule has 42 heavy (non-hydrogen) atoms. The first-order chi connectivity index (χ1) is 20.4. The standard InChI is InChI=1S/C35H34F4O3/c36-27-13-9-25(10-14-27)32-19-17-30(23-34(32)38)41-21-5-1-3-7-29(40)8-4-2-6-22-42-31-18-20-33(35(39)24-31)26-11-15-28(37)16-12-26/h9-20,23-24H,1-8,21-22H2. The molecule has 0 aliphatic rings. The molecule has 4 aromatic rings. The van der Waals surface area contributed by atoms with E-state index in [9.17, 15) is 22.4 Å². The largest absolute Gasteiger partial charge is 0.493 e. The summed E-state index contributed by atoms with van der Waals surface area (Å²) >= 11 is 0. The zero-order valence-corrected chi connectivity index (χ0v) is 23.4. The lowest BCUT2D eigenvalue weighted by Crippen LogP contribution is -2.02. The number of hydrogen-bond acceptors (Lipinski definition) is 3. The number of halogens is 4. The number of rotatable bonds is 16. The Morgan fingerprint density at radius 1 is 0.500 bits per heavy atom. The highest BCUT2D eigenvalue weighted by Crippen LogP contribution is 2.28. The maximum atomic E-state index is 14.5. The van der Waals surface area contributed by atoms with Crippen LogP contribution in [-0.2, 0) is 4.79 Å². The summed E-state index contributed by atoms with van der Waals surface area (Å²) in [5.41, 5.74) is 1.97. The van der Waals surface area contributed by atoms with Crippen molar-refractivity contribution in [1.82, 2.24) is 0 Å². The molecule has 0 fully saturated rings. The Morgan fingerprint density at radius 3 is 1.29 bits per heavy atom. The van der Waals surface area contributed by atoms with Crippen molar-refractivity contribution < 1.29 is 31.8 Å². The van der Waals surface area contributed by atoms with Gasteiger partial charge in [0.05, 0.1) is 13.2 Å². The summed E-state index contributed by atoms with van der Waals surface area (Å²) in [7, 11) is 0. The average molecular weight is 579 g/mol. The second kappa shape index (κ2) is 15.8. The lowest BCUT2D eigenvalue weighted by Gasteiger charge is -2.09. The molecule has 0 saturated heterocycles. The molecule has 0 atom stereocenters. The number of benzene rings is 4. The summed E-state index contributed by atoms with van der Waals surface area (Å²) in [6.45, 7) is 0.866. The van der Waals surface area contributed by atoms with Crippen LogP contribution in [0.5, 0.6) is 11.5 Å². The molecule has 0 spiro atoms. The van der Waals surface area contributed by atoms with Crippen molar-refractivity contribution in [2.75, 3.05) is 13.2 Å². The number of carbonyl (C=O) groups is 1. The van der Waals surface area contributed by atoms with Crippen molar-refractivity contribution in [3.05, 3.63) is 108 Å². The summed E-state index contributed by atoms with van der Waals surface area (Å²) < 4.78 is 66.4. The van der Waals surface area contributed by atoms with E-state index in [-0.39, 0.29) is 17.4 Å². The van der Waals surface area contributed by atoms with Crippen molar-refractivity contribution in [2.45, 2.75) is 51.4 Å². The lowest BCUT2D eigenvalue weighted by atomic mass is 10.0. The smallest absolute Gasteiger partial charge is 0.134 e. The van der Waals surface area contributed by atoms with Crippen LogP contribution in [0.15, 0.2) is 84.9 Å². The fourth-order valence-corrected chi connectivity index (χ4v) is 4.61. The predicted molar refractivity (Wildman–Crippen MR) is 157 cm³/mol. The maximum absolute atomic E-state index is 14.5. The highest BCUT2D eigenvalue weighted by Gasteiger charge is 2.09. The molecule has 0 unspecified atom stereocenters. The second-order valence-electron chi connectivity index (χ2n) is 10.2. The molecule has 0 aliphatic carbocycles. The normalized spacial score (nSPS) is 11.0. The van der Waals surface area contributed by atoms with Crippen LogP contribution in [0.4, 0.5) is 17.6 Å². The SMILES string of the molecule is O=C(CCCCCOc1ccc(-c2ccc(F)cc2)c(F)c1)CCCCCOc1ccc(-c2ccc(F)cc2)c(F)c1. The van der Waals surface area contributed by atoms with E-state index in [1.165, 1.54) is 60.7 Å². The van der Waals surface area contributed by atoms with Gasteiger partial charge in [-0.15, -0.1) is 0 Å². The molecular formula is C35H34F4O3. The van der Waals surface area contributed by atoms with Gasteiger partial charge in [-0.1, -0.05) is 24.3 Å². The number of unbranched alkanes of at least 4 members (excludes halogenated alkanes) is 4. The zero-order valence-electron chi connectivity index (χ0n) is 23.4. The Morgan fingerprint density at radius 2 is 0.905 bits per heavy atom. The Labute approximate surface area is 244 Å². The molecule has 0 heterocycles. The number of ketones is 1. The molecule has 0 bridgehead atoms. The molecule has 4 aromatic carbocycles. The van der Waals surface area contributed by atoms with Crippen molar-refractivity contribution in [2.24, 2.45) is 0 Å². The van der Waals surface area contributed by atoms with Crippen LogP contribution in [0.25, 0.3) is 22.3 Å². The van der Waals surface area contributed by atoms with Crippen molar-refractivity contribution in [3.8, 4) is 33.8 Å². The first-order valence-corrected chi connectivity index (χ1v) is 14.3. The van der Waals surface area contributed by atoms with Gasteiger partial charge in [0.25, 0.3) is 0 Å². The molecule has 0 amide bonds. The topological polar surface area (TPSA) is 35.5 Å². The Hall–Kier alpha value is -4.13. The van der Waals surface area contributed by atoms with Crippen LogP contribution < -0.4 is 9.47 Å². The predicted octanol–water partition coefficient (Wildman–Crippen LogP) is 9.72. The third kappa shape index (κ3) is 9.47. The van der Waals surface area contributed by atoms with Crippen LogP contribution in [0.2, 0.25) is 0 Å². The first kappa shape index (κ1) is 30.8. The molecule has 0 saturated carbocycles. The number of ether oxygens (including phenoxy) is 2. The van der Waals surface area contributed by atoms with Crippen LogP contribution >= 0.6 is 0 Å². The van der Waals surface area contributed by atoms with Gasteiger partial charge in [-0.05, 0) is 98.2 Å². The highest BCUT2D eigenvalue weighted by atomic mass is 19.1. The van der Waals surface area contributed by atoms with Gasteiger partial charge in [0.2, 0.25) is 0 Å². The molecule has 4 rings (SSSR count). The highest BCUT2D eigenvalue weighted by molar-refractivity contribution is 5.78. The van der Waals surface area contributed by atoms with Crippen LogP contribution in [0.1, 0.15) is 51.4 Å². The molecule has 0 aliphatic heterocycles. The minimum atomic E-state index is -0.428. The Kier molecular flexibility index (Phi) is 11.6. The molecule has 7 heteroatoms. The van der Waals surface area contributed by atoms with E-state index in [0.717, 1.165) is 38.5 Å². The van der Waals surface area contributed by atoms with Crippen molar-refractivity contribution >= 4 is 5.78 Å². The van der Waals surface area contributed by atoms with Gasteiger partial charge in [-0.2, -0.15) is 0 Å². The van der Waals surface area contributed by atoms with Gasteiger partial charge in [-0.3, -0.25) is 4.79 Å². The third-order valence-corrected chi connectivity index (χ3v) is 6.93. The average Bonchev–Trinajstić information content (AvgIpc) is 2.98. The second-order valence-corrected chi connectivity index (χ2v) is 10.2. The minimum absolute atomic E-state index is 0.230. The van der Waals surface area contributed by atoms with Gasteiger partial charge >= 0.3 is 0 Å². The zero-order chi connectivity index (χ0) is 29.7. The van der Waals surface area contributed by atoms with Crippen LogP contribution in [0, 0.1) is 23.3 Å². The van der Waals surface area contributed by atoms with Gasteiger partial charge in [0.15, 0.2) is 0 Å². The summed E-state index contributed by atoms with van der Waals surface area (Å²) in [6, 6.07) is 20.6. The summed E-state index contributed by atoms with van der Waals surface area (Å²) in [6.07, 6.45) is 5.81. The molecule has 0 N–H and O–H groups in total. The van der Waals surface area contributed by atoms with Gasteiger partial charge in [-0.25, -0.2) is 17.6 Å². The quantitative estimate of drug-likeness (QED) is 0.0981. The van der Waals surface area contributed by atoms with E-state index < -0.39 is 11.6 Å². The van der Waals surface area contributed by atoms with E-state index in [1.54, 1.807) is 24.3 Å². The monoisotopic (exact) mass is 578 g/mol. The maximum Gasteiger partial charge on any atom is 0.134 e. The number of Topliss-reactive ketones (excluding diaryl/α,β-unsaturated/α-hetero) is 1. The summed E-state index contributed by atoms with van der Waals surface area (Å²) in [4.78, 5) is 12.2. The van der Waals surface area contributed by atoms with Crippen molar-refractivity contribution in [1.29, 1.82) is 0 Å². The van der Waals surface area contributed by atoms with E-state index in [0.29, 0.717) is 59.8 Å². The molecule has 0 aromatic heterocycles. The van der Waals surface area contributed by atoms with E-state index >= 15 is 0 Å². The van der Waals surface area contributed by atoms with Gasteiger partial charge < -0.3 is 9.47 Å². The number of carbonyl (C=O) groups excluding carboxylic acids is 1. The fraction of sp³-hybridized carbons (Fsp3) is 0.286. The number of hydrogen-bond donors (Lipinski definition) is 0. The Bertz CT molecular complexity index is 1330. The summed E-state index contributed by atoms with van der Waals surface area (Å²) in [5, 5.41) is 0. The molecule has 3 nitrogen and oxygen atoms in total. The van der Waals surface area contributed by atoms with Crippen molar-refractivity contribution in [3.63, 3.8) is 0 Å². The molecule has 0 radical (unpaired) electrons. The van der Waals surface area contributed by atoms with E-state index in [4.69, 9.17) is 9.47 Å². The fourth-order valence-electron chi connectivity index (χ4n) is 4.61. The van der Waals surface area contributed by atoms with Gasteiger partial charge in [0.1, 0.15) is 40.6 Å². The lowest BCUT2D eigenvalue weighted by molar-refractivity contribution is -0.119. The minimum Gasteiger partial charge on any atom is -0.493 e.